The van der Waals surface area contributed by atoms with Gasteiger partial charge < -0.3 is 10.3 Å². The molecule has 1 heterocycles. The molecule has 0 atom stereocenters. The van der Waals surface area contributed by atoms with Crippen molar-refractivity contribution in [3.05, 3.63) is 82.4 Å². The lowest BCUT2D eigenvalue weighted by Gasteiger charge is -2.10. The quantitative estimate of drug-likeness (QED) is 0.359. The molecular formula is C25H25ClN2O. The Morgan fingerprint density at radius 1 is 1.00 bits per heavy atom. The average Bonchev–Trinajstić information content (AvgIpc) is 3.03. The maximum atomic E-state index is 12.1. The van der Waals surface area contributed by atoms with Crippen LogP contribution in [-0.2, 0) is 13.0 Å². The van der Waals surface area contributed by atoms with Gasteiger partial charge in [-0.2, -0.15) is 0 Å². The molecule has 3 nitrogen and oxygen atoms in total. The zero-order chi connectivity index (χ0) is 20.4. The Bertz CT molecular complexity index is 1190. The van der Waals surface area contributed by atoms with E-state index in [-0.39, 0.29) is 0 Å². The molecule has 0 spiro atoms. The van der Waals surface area contributed by atoms with Crippen LogP contribution in [0.4, 0.5) is 0 Å². The Morgan fingerprint density at radius 2 is 1.83 bits per heavy atom. The fourth-order valence-corrected chi connectivity index (χ4v) is 4.29. The van der Waals surface area contributed by atoms with Crippen molar-refractivity contribution < 1.29 is 4.79 Å². The van der Waals surface area contributed by atoms with E-state index >= 15 is 0 Å². The molecule has 0 aliphatic rings. The van der Waals surface area contributed by atoms with Crippen molar-refractivity contribution in [1.82, 2.24) is 4.57 Å². The van der Waals surface area contributed by atoms with E-state index in [1.807, 2.05) is 30.3 Å². The number of nitrogens with zero attached hydrogens (tertiary/aromatic N) is 1. The topological polar surface area (TPSA) is 48.0 Å². The normalized spacial score (nSPS) is 11.4. The Balaban J connectivity index is 1.94. The number of benzene rings is 3. The van der Waals surface area contributed by atoms with Crippen molar-refractivity contribution in [2.24, 2.45) is 5.73 Å². The lowest BCUT2D eigenvalue weighted by atomic mass is 10.0. The van der Waals surface area contributed by atoms with E-state index in [0.717, 1.165) is 38.8 Å². The minimum absolute atomic E-state index is 0.403. The third-order valence-electron chi connectivity index (χ3n) is 5.58. The summed E-state index contributed by atoms with van der Waals surface area (Å²) in [5, 5.41) is 2.72. The van der Waals surface area contributed by atoms with Gasteiger partial charge in [0, 0.05) is 33.4 Å². The fourth-order valence-electron chi connectivity index (χ4n) is 4.10. The van der Waals surface area contributed by atoms with Gasteiger partial charge in [0.2, 0.25) is 5.91 Å². The van der Waals surface area contributed by atoms with Gasteiger partial charge in [-0.3, -0.25) is 4.79 Å². The zero-order valence-electron chi connectivity index (χ0n) is 16.6. The molecule has 0 fully saturated rings. The van der Waals surface area contributed by atoms with Gasteiger partial charge >= 0.3 is 0 Å². The van der Waals surface area contributed by atoms with Gasteiger partial charge in [-0.15, -0.1) is 0 Å². The summed E-state index contributed by atoms with van der Waals surface area (Å²) in [6, 6.07) is 20.2. The van der Waals surface area contributed by atoms with Crippen molar-refractivity contribution in [1.29, 1.82) is 0 Å². The van der Waals surface area contributed by atoms with Crippen molar-refractivity contribution in [3.63, 3.8) is 0 Å². The average molecular weight is 405 g/mol. The van der Waals surface area contributed by atoms with Gasteiger partial charge in [0.15, 0.2) is 0 Å². The van der Waals surface area contributed by atoms with Crippen LogP contribution in [-0.4, -0.2) is 10.5 Å². The van der Waals surface area contributed by atoms with Gasteiger partial charge in [0.1, 0.15) is 0 Å². The Hall–Kier alpha value is -2.78. The summed E-state index contributed by atoms with van der Waals surface area (Å²) in [4.78, 5) is 12.1. The maximum Gasteiger partial charge on any atom is 0.249 e. The predicted molar refractivity (Wildman–Crippen MR) is 122 cm³/mol. The Labute approximate surface area is 176 Å². The van der Waals surface area contributed by atoms with Crippen LogP contribution >= 0.6 is 11.6 Å². The first-order valence-electron chi connectivity index (χ1n) is 10.2. The Kier molecular flexibility index (Phi) is 5.59. The SMILES string of the molecule is CCCCCc1ccc2c3c(C(N)=O)cccc3n(Cc3ccccc3Cl)c2c1. The highest BCUT2D eigenvalue weighted by Gasteiger charge is 2.17. The largest absolute Gasteiger partial charge is 0.366 e. The monoisotopic (exact) mass is 404 g/mol. The minimum atomic E-state index is -0.403. The number of halogens is 1. The molecule has 3 aromatic carbocycles. The molecular weight excluding hydrogens is 380 g/mol. The van der Waals surface area contributed by atoms with Crippen LogP contribution in [0.2, 0.25) is 5.02 Å². The molecule has 0 radical (unpaired) electrons. The third kappa shape index (κ3) is 3.75. The number of aromatic nitrogens is 1. The standard InChI is InChI=1S/C25H25ClN2O/c1-2-3-4-8-17-13-14-19-23(15-17)28(16-18-9-5-6-11-21(18)26)22-12-7-10-20(24(19)22)25(27)29/h5-7,9-15H,2-4,8,16H2,1H3,(H2,27,29). The summed E-state index contributed by atoms with van der Waals surface area (Å²) in [6.07, 6.45) is 4.67. The van der Waals surface area contributed by atoms with Crippen molar-refractivity contribution in [2.45, 2.75) is 39.2 Å². The second-order valence-electron chi connectivity index (χ2n) is 7.55. The summed E-state index contributed by atoms with van der Waals surface area (Å²) in [6.45, 7) is 2.86. The molecule has 2 N–H and O–H groups in total. The third-order valence-corrected chi connectivity index (χ3v) is 5.95. The van der Waals surface area contributed by atoms with Gasteiger partial charge in [-0.1, -0.05) is 67.8 Å². The summed E-state index contributed by atoms with van der Waals surface area (Å²) in [5.74, 6) is -0.403. The molecule has 0 saturated carbocycles. The van der Waals surface area contributed by atoms with Crippen molar-refractivity contribution in [3.8, 4) is 0 Å². The Morgan fingerprint density at radius 3 is 2.59 bits per heavy atom. The summed E-state index contributed by atoms with van der Waals surface area (Å²) >= 11 is 6.45. The number of hydrogen-bond donors (Lipinski definition) is 1. The van der Waals surface area contributed by atoms with Crippen LogP contribution in [0.1, 0.15) is 47.7 Å². The van der Waals surface area contributed by atoms with E-state index < -0.39 is 5.91 Å². The molecule has 4 aromatic rings. The van der Waals surface area contributed by atoms with Gasteiger partial charge in [0.25, 0.3) is 0 Å². The molecule has 0 bridgehead atoms. The highest BCUT2D eigenvalue weighted by molar-refractivity contribution is 6.31. The lowest BCUT2D eigenvalue weighted by Crippen LogP contribution is -2.11. The number of amides is 1. The molecule has 0 saturated heterocycles. The van der Waals surface area contributed by atoms with Crippen LogP contribution < -0.4 is 5.73 Å². The first-order chi connectivity index (χ1) is 14.1. The number of carbonyl (C=O) groups excluding carboxylic acids is 1. The molecule has 0 aliphatic carbocycles. The smallest absolute Gasteiger partial charge is 0.249 e. The highest BCUT2D eigenvalue weighted by Crippen LogP contribution is 2.34. The minimum Gasteiger partial charge on any atom is -0.366 e. The van der Waals surface area contributed by atoms with E-state index in [1.165, 1.54) is 24.8 Å². The van der Waals surface area contributed by atoms with Crippen molar-refractivity contribution in [2.75, 3.05) is 0 Å². The van der Waals surface area contributed by atoms with Gasteiger partial charge in [0.05, 0.1) is 5.52 Å². The molecule has 4 rings (SSSR count). The molecule has 148 valence electrons. The predicted octanol–water partition coefficient (Wildman–Crippen LogP) is 6.33. The number of fused-ring (bicyclic) bond motifs is 3. The molecule has 1 aromatic heterocycles. The second-order valence-corrected chi connectivity index (χ2v) is 7.96. The number of hydrogen-bond acceptors (Lipinski definition) is 1. The molecule has 0 unspecified atom stereocenters. The van der Waals surface area contributed by atoms with E-state index in [1.54, 1.807) is 6.07 Å². The van der Waals surface area contributed by atoms with Crippen molar-refractivity contribution >= 4 is 39.3 Å². The van der Waals surface area contributed by atoms with Crippen LogP contribution in [0.15, 0.2) is 60.7 Å². The van der Waals surface area contributed by atoms with Gasteiger partial charge in [-0.05, 0) is 48.2 Å². The molecule has 1 amide bonds. The molecule has 29 heavy (non-hydrogen) atoms. The summed E-state index contributed by atoms with van der Waals surface area (Å²) in [5.41, 5.74) is 10.7. The summed E-state index contributed by atoms with van der Waals surface area (Å²) in [7, 11) is 0. The van der Waals surface area contributed by atoms with Crippen LogP contribution in [0, 0.1) is 0 Å². The number of rotatable bonds is 7. The van der Waals surface area contributed by atoms with E-state index in [9.17, 15) is 4.79 Å². The number of nitrogens with two attached hydrogens (primary N) is 1. The maximum absolute atomic E-state index is 12.1. The second kappa shape index (κ2) is 8.30. The van der Waals surface area contributed by atoms with E-state index in [4.69, 9.17) is 17.3 Å². The highest BCUT2D eigenvalue weighted by atomic mass is 35.5. The number of aryl methyl sites for hydroxylation is 1. The van der Waals surface area contributed by atoms with Crippen LogP contribution in [0.25, 0.3) is 21.8 Å². The molecule has 0 aliphatic heterocycles. The lowest BCUT2D eigenvalue weighted by molar-refractivity contribution is 0.100. The van der Waals surface area contributed by atoms with E-state index in [2.05, 4.69) is 35.8 Å². The number of carbonyl (C=O) groups is 1. The molecule has 4 heteroatoms. The fraction of sp³-hybridized carbons (Fsp3) is 0.240. The first-order valence-corrected chi connectivity index (χ1v) is 10.5. The van der Waals surface area contributed by atoms with Crippen LogP contribution in [0.5, 0.6) is 0 Å². The van der Waals surface area contributed by atoms with Gasteiger partial charge in [-0.25, -0.2) is 0 Å². The van der Waals surface area contributed by atoms with Crippen LogP contribution in [0.3, 0.4) is 0 Å². The zero-order valence-corrected chi connectivity index (χ0v) is 17.4. The van der Waals surface area contributed by atoms with E-state index in [0.29, 0.717) is 12.1 Å². The summed E-state index contributed by atoms with van der Waals surface area (Å²) < 4.78 is 2.25. The number of unbranched alkanes of at least 4 members (excludes halogenated alkanes) is 2. The number of primary amides is 1. The first kappa shape index (κ1) is 19.5.